The van der Waals surface area contributed by atoms with Gasteiger partial charge in [-0.15, -0.1) is 0 Å². The van der Waals surface area contributed by atoms with Gasteiger partial charge in [-0.2, -0.15) is 9.72 Å². The fourth-order valence-electron chi connectivity index (χ4n) is 3.03. The van der Waals surface area contributed by atoms with E-state index in [-0.39, 0.29) is 28.9 Å². The average Bonchev–Trinajstić information content (AvgIpc) is 2.94. The van der Waals surface area contributed by atoms with Gasteiger partial charge in [0.2, 0.25) is 11.8 Å². The molecule has 0 saturated heterocycles. The molecule has 1 aromatic heterocycles. The van der Waals surface area contributed by atoms with Crippen molar-refractivity contribution in [2.45, 2.75) is 6.42 Å². The van der Waals surface area contributed by atoms with Gasteiger partial charge in [-0.25, -0.2) is 4.98 Å². The zero-order valence-corrected chi connectivity index (χ0v) is 14.4. The van der Waals surface area contributed by atoms with E-state index >= 15 is 0 Å². The van der Waals surface area contributed by atoms with E-state index in [2.05, 4.69) is 15.3 Å². The monoisotopic (exact) mass is 359 g/mol. The number of nitrogens with one attached hydrogen (secondary N) is 1. The highest BCUT2D eigenvalue weighted by Crippen LogP contribution is 2.32. The normalized spacial score (nSPS) is 13.0. The molecule has 3 N–H and O–H groups in total. The van der Waals surface area contributed by atoms with Crippen LogP contribution in [0.4, 0.5) is 17.5 Å². The number of Topliss-reactive ketones (excluding diaryl/α,β-unsaturated/α-hetero) is 1. The maximum Gasteiger partial charge on any atom is 0.290 e. The molecule has 134 valence electrons. The van der Waals surface area contributed by atoms with Crippen molar-refractivity contribution in [2.24, 2.45) is 0 Å². The molecule has 0 aliphatic carbocycles. The molecule has 3 aromatic rings. The molecule has 0 radical (unpaired) electrons. The maximum atomic E-state index is 12.8. The van der Waals surface area contributed by atoms with Gasteiger partial charge in [0.15, 0.2) is 5.69 Å². The third kappa shape index (κ3) is 3.10. The second-order valence-electron chi connectivity index (χ2n) is 6.13. The van der Waals surface area contributed by atoms with Crippen LogP contribution < -0.4 is 11.1 Å². The van der Waals surface area contributed by atoms with Crippen LogP contribution in [0.1, 0.15) is 21.6 Å². The van der Waals surface area contributed by atoms with Gasteiger partial charge in [-0.3, -0.25) is 4.79 Å². The van der Waals surface area contributed by atoms with E-state index in [4.69, 9.17) is 5.73 Å². The Morgan fingerprint density at radius 1 is 1.00 bits per heavy atom. The van der Waals surface area contributed by atoms with E-state index in [9.17, 15) is 10.0 Å². The summed E-state index contributed by atoms with van der Waals surface area (Å²) in [5.74, 6) is -0.235. The molecule has 0 saturated carbocycles. The molecule has 2 heterocycles. The highest BCUT2D eigenvalue weighted by atomic mass is 16.5. The van der Waals surface area contributed by atoms with Gasteiger partial charge < -0.3 is 16.3 Å². The SMILES string of the molecule is Nc1nc(NCCc2ccccc2)nc2c1[N+]([O-])=C(c1ccccc1)C2=O. The largest absolute Gasteiger partial charge is 0.618 e. The Kier molecular flexibility index (Phi) is 4.25. The molecule has 0 unspecified atom stereocenters. The lowest BCUT2D eigenvalue weighted by molar-refractivity contribution is -0.355. The third-order valence-electron chi connectivity index (χ3n) is 4.33. The lowest BCUT2D eigenvalue weighted by Gasteiger charge is -2.07. The molecule has 7 heteroatoms. The standard InChI is InChI=1S/C20H17N5O2/c21-19-17-15(18(26)16(25(17)27)14-9-5-2-6-10-14)23-20(24-19)22-12-11-13-7-3-1-4-8-13/h1-10H,11-12H2,(H3,21,22,23,24). The van der Waals surface area contributed by atoms with E-state index in [1.165, 1.54) is 5.56 Å². The number of aromatic nitrogens is 2. The van der Waals surface area contributed by atoms with E-state index in [1.807, 2.05) is 36.4 Å². The second kappa shape index (κ2) is 6.87. The molecule has 0 bridgehead atoms. The minimum atomic E-state index is -0.452. The topological polar surface area (TPSA) is 107 Å². The minimum Gasteiger partial charge on any atom is -0.618 e. The third-order valence-corrected chi connectivity index (χ3v) is 4.33. The highest BCUT2D eigenvalue weighted by molar-refractivity contribution is 6.51. The van der Waals surface area contributed by atoms with E-state index in [0.29, 0.717) is 16.8 Å². The second-order valence-corrected chi connectivity index (χ2v) is 6.13. The van der Waals surface area contributed by atoms with Crippen molar-refractivity contribution in [1.29, 1.82) is 0 Å². The molecule has 1 aliphatic heterocycles. The van der Waals surface area contributed by atoms with E-state index in [0.717, 1.165) is 6.42 Å². The van der Waals surface area contributed by atoms with E-state index < -0.39 is 5.78 Å². The summed E-state index contributed by atoms with van der Waals surface area (Å²) in [6.07, 6.45) is 0.768. The van der Waals surface area contributed by atoms with Crippen molar-refractivity contribution in [3.05, 3.63) is 82.7 Å². The fourth-order valence-corrected chi connectivity index (χ4v) is 3.03. The van der Waals surface area contributed by atoms with Gasteiger partial charge in [0.25, 0.3) is 17.2 Å². The van der Waals surface area contributed by atoms with Crippen molar-refractivity contribution in [3.63, 3.8) is 0 Å². The Hall–Kier alpha value is -3.74. The lowest BCUT2D eigenvalue weighted by Crippen LogP contribution is -2.17. The first-order valence-corrected chi connectivity index (χ1v) is 8.55. The molecule has 0 fully saturated rings. The molecule has 7 nitrogen and oxygen atoms in total. The summed E-state index contributed by atoms with van der Waals surface area (Å²) in [5.41, 5.74) is 7.68. The maximum absolute atomic E-state index is 12.8. The van der Waals surface area contributed by atoms with Crippen LogP contribution in [-0.2, 0) is 6.42 Å². The smallest absolute Gasteiger partial charge is 0.290 e. The zero-order valence-electron chi connectivity index (χ0n) is 14.4. The molecule has 2 aromatic carbocycles. The number of ketones is 1. The number of hydrogen-bond acceptors (Lipinski definition) is 6. The molecule has 0 spiro atoms. The first-order valence-electron chi connectivity index (χ1n) is 8.55. The molecule has 0 atom stereocenters. The Balaban J connectivity index is 1.58. The number of nitrogen functional groups attached to an aromatic ring is 1. The van der Waals surface area contributed by atoms with Crippen molar-refractivity contribution < 1.29 is 9.53 Å². The first-order chi connectivity index (χ1) is 13.1. The number of benzene rings is 2. The summed E-state index contributed by atoms with van der Waals surface area (Å²) in [6.45, 7) is 0.576. The molecule has 4 rings (SSSR count). The number of hydrogen-bond donors (Lipinski definition) is 2. The Morgan fingerprint density at radius 2 is 1.67 bits per heavy atom. The van der Waals surface area contributed by atoms with Crippen molar-refractivity contribution in [1.82, 2.24) is 9.97 Å². The van der Waals surface area contributed by atoms with Gasteiger partial charge in [-0.05, 0) is 24.1 Å². The number of anilines is 2. The summed E-state index contributed by atoms with van der Waals surface area (Å²) in [4.78, 5) is 21.1. The predicted octanol–water partition coefficient (Wildman–Crippen LogP) is 2.54. The van der Waals surface area contributed by atoms with Crippen LogP contribution in [0, 0.1) is 5.21 Å². The minimum absolute atomic E-state index is 0.00691. The van der Waals surface area contributed by atoms with Crippen LogP contribution in [0.15, 0.2) is 60.7 Å². The Bertz CT molecular complexity index is 1030. The fraction of sp³-hybridized carbons (Fsp3) is 0.100. The molecule has 1 aliphatic rings. The molecule has 27 heavy (non-hydrogen) atoms. The van der Waals surface area contributed by atoms with Gasteiger partial charge in [0.05, 0.1) is 5.56 Å². The van der Waals surface area contributed by atoms with Crippen molar-refractivity contribution in [2.75, 3.05) is 17.6 Å². The van der Waals surface area contributed by atoms with Gasteiger partial charge in [0, 0.05) is 6.54 Å². The highest BCUT2D eigenvalue weighted by Gasteiger charge is 2.41. The van der Waals surface area contributed by atoms with Gasteiger partial charge in [0.1, 0.15) is 0 Å². The number of nitrogens with zero attached hydrogens (tertiary/aromatic N) is 3. The summed E-state index contributed by atoms with van der Waals surface area (Å²) in [7, 11) is 0. The van der Waals surface area contributed by atoms with Gasteiger partial charge >= 0.3 is 0 Å². The van der Waals surface area contributed by atoms with Crippen LogP contribution in [0.5, 0.6) is 0 Å². The van der Waals surface area contributed by atoms with Crippen molar-refractivity contribution >= 4 is 28.9 Å². The first kappa shape index (κ1) is 16.7. The predicted molar refractivity (Wildman–Crippen MR) is 103 cm³/mol. The van der Waals surface area contributed by atoms with Crippen LogP contribution in [0.2, 0.25) is 0 Å². The number of carbonyl (C=O) groups is 1. The molecular formula is C20H17N5O2. The number of rotatable bonds is 5. The van der Waals surface area contributed by atoms with E-state index in [1.54, 1.807) is 24.3 Å². The van der Waals surface area contributed by atoms with Crippen molar-refractivity contribution in [3.8, 4) is 0 Å². The number of nitrogens with two attached hydrogens (primary N) is 1. The van der Waals surface area contributed by atoms with Gasteiger partial charge in [-0.1, -0.05) is 48.5 Å². The zero-order chi connectivity index (χ0) is 18.8. The van der Waals surface area contributed by atoms with Crippen LogP contribution >= 0.6 is 0 Å². The Morgan fingerprint density at radius 3 is 2.37 bits per heavy atom. The van der Waals surface area contributed by atoms with Crippen LogP contribution in [0.25, 0.3) is 0 Å². The molecular weight excluding hydrogens is 342 g/mol. The summed E-state index contributed by atoms with van der Waals surface area (Å²) >= 11 is 0. The number of carbonyl (C=O) groups excluding carboxylic acids is 1. The Labute approximate surface area is 155 Å². The summed E-state index contributed by atoms with van der Waals surface area (Å²) < 4.78 is 0.524. The summed E-state index contributed by atoms with van der Waals surface area (Å²) in [5, 5.41) is 15.7. The quantitative estimate of drug-likeness (QED) is 0.535. The summed E-state index contributed by atoms with van der Waals surface area (Å²) in [6, 6.07) is 18.7. The van der Waals surface area contributed by atoms with Crippen LogP contribution in [0.3, 0.4) is 0 Å². The van der Waals surface area contributed by atoms with Crippen LogP contribution in [-0.4, -0.2) is 32.7 Å². The number of fused-ring (bicyclic) bond motifs is 1. The average molecular weight is 359 g/mol. The molecule has 0 amide bonds. The lowest BCUT2D eigenvalue weighted by atomic mass is 10.1.